The third kappa shape index (κ3) is 4.89. The molecule has 0 bridgehead atoms. The van der Waals surface area contributed by atoms with Crippen LogP contribution in [-0.2, 0) is 19.6 Å². The van der Waals surface area contributed by atoms with Gasteiger partial charge in [0.2, 0.25) is 21.8 Å². The first kappa shape index (κ1) is 20.3. The Labute approximate surface area is 168 Å². The van der Waals surface area contributed by atoms with Gasteiger partial charge in [-0.3, -0.25) is 9.59 Å². The lowest BCUT2D eigenvalue weighted by Gasteiger charge is -2.21. The summed E-state index contributed by atoms with van der Waals surface area (Å²) in [5.74, 6) is -0.428. The van der Waals surface area contributed by atoms with Gasteiger partial charge < -0.3 is 9.80 Å². The summed E-state index contributed by atoms with van der Waals surface area (Å²) < 4.78 is 27.4. The van der Waals surface area contributed by atoms with Crippen LogP contribution in [-0.4, -0.2) is 56.6 Å². The number of sulfonamides is 1. The Kier molecular flexibility index (Phi) is 6.22. The van der Waals surface area contributed by atoms with E-state index in [4.69, 9.17) is 0 Å². The van der Waals surface area contributed by atoms with Gasteiger partial charge in [0.15, 0.2) is 0 Å². The third-order valence-corrected chi connectivity index (χ3v) is 7.04. The number of hydrogen-bond acceptors (Lipinski definition) is 4. The number of hydrogen-bond donors (Lipinski definition) is 1. The van der Waals surface area contributed by atoms with Gasteiger partial charge in [0.1, 0.15) is 0 Å². The number of carbonyl (C=O) groups is 2. The highest BCUT2D eigenvalue weighted by atomic mass is 79.9. The number of rotatable bonds is 6. The SMILES string of the molecule is CCCS(=O)(=O)N[C@H]1CCN(C(=O)[C@@H]2CC(=O)N(c3cccc(Br)c3)C2)C1. The molecule has 0 unspecified atom stereocenters. The number of nitrogens with zero attached hydrogens (tertiary/aromatic N) is 2. The number of anilines is 1. The summed E-state index contributed by atoms with van der Waals surface area (Å²) >= 11 is 3.40. The average Bonchev–Trinajstić information content (AvgIpc) is 3.20. The fraction of sp³-hybridized carbons (Fsp3) is 0.556. The highest BCUT2D eigenvalue weighted by molar-refractivity contribution is 9.10. The van der Waals surface area contributed by atoms with Crippen LogP contribution < -0.4 is 9.62 Å². The van der Waals surface area contributed by atoms with Crippen LogP contribution in [0.4, 0.5) is 5.69 Å². The Morgan fingerprint density at radius 1 is 1.33 bits per heavy atom. The maximum Gasteiger partial charge on any atom is 0.228 e. The second kappa shape index (κ2) is 8.28. The van der Waals surface area contributed by atoms with Gasteiger partial charge in [-0.05, 0) is 31.0 Å². The first-order valence-electron chi connectivity index (χ1n) is 9.14. The number of likely N-dealkylation sites (tertiary alicyclic amines) is 1. The van der Waals surface area contributed by atoms with Crippen molar-refractivity contribution < 1.29 is 18.0 Å². The molecule has 2 heterocycles. The van der Waals surface area contributed by atoms with Crippen LogP contribution in [0.25, 0.3) is 0 Å². The van der Waals surface area contributed by atoms with Crippen LogP contribution in [0.3, 0.4) is 0 Å². The summed E-state index contributed by atoms with van der Waals surface area (Å²) in [6, 6.07) is 7.21. The Morgan fingerprint density at radius 2 is 2.11 bits per heavy atom. The molecule has 2 amide bonds. The lowest BCUT2D eigenvalue weighted by atomic mass is 10.1. The fourth-order valence-electron chi connectivity index (χ4n) is 3.66. The van der Waals surface area contributed by atoms with Crippen LogP contribution in [0, 0.1) is 5.92 Å². The molecule has 1 N–H and O–H groups in total. The Morgan fingerprint density at radius 3 is 2.81 bits per heavy atom. The van der Waals surface area contributed by atoms with Crippen molar-refractivity contribution >= 4 is 43.5 Å². The van der Waals surface area contributed by atoms with Crippen LogP contribution in [0.2, 0.25) is 0 Å². The van der Waals surface area contributed by atoms with Crippen LogP contribution >= 0.6 is 15.9 Å². The van der Waals surface area contributed by atoms with Crippen molar-refractivity contribution in [2.45, 2.75) is 32.2 Å². The largest absolute Gasteiger partial charge is 0.341 e. The van der Waals surface area contributed by atoms with Crippen molar-refractivity contribution in [1.82, 2.24) is 9.62 Å². The van der Waals surface area contributed by atoms with Crippen molar-refractivity contribution in [3.05, 3.63) is 28.7 Å². The first-order chi connectivity index (χ1) is 12.8. The first-order valence-corrected chi connectivity index (χ1v) is 11.6. The molecular formula is C18H24BrN3O4S. The fourth-order valence-corrected chi connectivity index (χ4v) is 5.41. The summed E-state index contributed by atoms with van der Waals surface area (Å²) in [7, 11) is -3.30. The van der Waals surface area contributed by atoms with Gasteiger partial charge in [0.25, 0.3) is 0 Å². The minimum absolute atomic E-state index is 0.0640. The Balaban J connectivity index is 1.60. The molecule has 0 spiro atoms. The van der Waals surface area contributed by atoms with E-state index in [1.165, 1.54) is 0 Å². The van der Waals surface area contributed by atoms with Gasteiger partial charge in [-0.15, -0.1) is 0 Å². The third-order valence-electron chi connectivity index (χ3n) is 4.91. The van der Waals surface area contributed by atoms with E-state index >= 15 is 0 Å². The molecule has 2 fully saturated rings. The maximum absolute atomic E-state index is 12.8. The monoisotopic (exact) mass is 457 g/mol. The van der Waals surface area contributed by atoms with Gasteiger partial charge in [-0.1, -0.05) is 28.9 Å². The molecule has 2 aliphatic rings. The second-order valence-corrected chi connectivity index (χ2v) is 9.88. The lowest BCUT2D eigenvalue weighted by Crippen LogP contribution is -2.41. The predicted octanol–water partition coefficient (Wildman–Crippen LogP) is 1.73. The van der Waals surface area contributed by atoms with E-state index in [1.54, 1.807) is 9.80 Å². The molecule has 0 saturated carbocycles. The normalized spacial score (nSPS) is 23.3. The van der Waals surface area contributed by atoms with Crippen molar-refractivity contribution in [3.63, 3.8) is 0 Å². The molecule has 7 nitrogen and oxygen atoms in total. The topological polar surface area (TPSA) is 86.8 Å². The van der Waals surface area contributed by atoms with Crippen molar-refractivity contribution in [2.24, 2.45) is 5.92 Å². The standard InChI is InChI=1S/C18H24BrN3O4S/c1-2-8-27(25,26)20-15-6-7-21(12-15)18(24)13-9-17(23)22(11-13)16-5-3-4-14(19)10-16/h3-5,10,13,15,20H,2,6-9,11-12H2,1H3/t13-,15+/m1/s1. The van der Waals surface area contributed by atoms with Crippen LogP contribution in [0.5, 0.6) is 0 Å². The van der Waals surface area contributed by atoms with E-state index < -0.39 is 10.0 Å². The Hall–Kier alpha value is -1.45. The minimum Gasteiger partial charge on any atom is -0.341 e. The molecule has 0 aliphatic carbocycles. The molecule has 148 valence electrons. The molecule has 1 aromatic carbocycles. The van der Waals surface area contributed by atoms with E-state index in [9.17, 15) is 18.0 Å². The number of benzene rings is 1. The zero-order valence-electron chi connectivity index (χ0n) is 15.2. The molecule has 3 rings (SSSR count). The molecule has 1 aromatic rings. The lowest BCUT2D eigenvalue weighted by molar-refractivity contribution is -0.134. The Bertz CT molecular complexity index is 830. The smallest absolute Gasteiger partial charge is 0.228 e. The number of halogens is 1. The van der Waals surface area contributed by atoms with E-state index in [0.29, 0.717) is 32.5 Å². The summed E-state index contributed by atoms with van der Waals surface area (Å²) in [5, 5.41) is 0. The highest BCUT2D eigenvalue weighted by Gasteiger charge is 2.39. The molecule has 27 heavy (non-hydrogen) atoms. The predicted molar refractivity (Wildman–Crippen MR) is 107 cm³/mol. The molecule has 0 radical (unpaired) electrons. The van der Waals surface area contributed by atoms with E-state index in [2.05, 4.69) is 20.7 Å². The minimum atomic E-state index is -3.30. The molecule has 2 atom stereocenters. The zero-order chi connectivity index (χ0) is 19.6. The van der Waals surface area contributed by atoms with E-state index in [1.807, 2.05) is 31.2 Å². The van der Waals surface area contributed by atoms with Crippen LogP contribution in [0.15, 0.2) is 28.7 Å². The van der Waals surface area contributed by atoms with Crippen molar-refractivity contribution in [1.29, 1.82) is 0 Å². The zero-order valence-corrected chi connectivity index (χ0v) is 17.6. The molecule has 2 aliphatic heterocycles. The highest BCUT2D eigenvalue weighted by Crippen LogP contribution is 2.29. The number of carbonyl (C=O) groups excluding carboxylic acids is 2. The summed E-state index contributed by atoms with van der Waals surface area (Å²) in [4.78, 5) is 28.5. The van der Waals surface area contributed by atoms with Gasteiger partial charge in [0, 0.05) is 42.3 Å². The summed E-state index contributed by atoms with van der Waals surface area (Å²) in [6.45, 7) is 3.05. The quantitative estimate of drug-likeness (QED) is 0.704. The molecule has 0 aromatic heterocycles. The number of amides is 2. The van der Waals surface area contributed by atoms with E-state index in [0.717, 1.165) is 10.2 Å². The van der Waals surface area contributed by atoms with E-state index in [-0.39, 0.29) is 35.9 Å². The number of nitrogens with one attached hydrogen (secondary N) is 1. The van der Waals surface area contributed by atoms with Gasteiger partial charge in [0.05, 0.1) is 11.7 Å². The van der Waals surface area contributed by atoms with Gasteiger partial charge >= 0.3 is 0 Å². The van der Waals surface area contributed by atoms with Gasteiger partial charge in [-0.2, -0.15) is 0 Å². The van der Waals surface area contributed by atoms with Crippen molar-refractivity contribution in [3.8, 4) is 0 Å². The van der Waals surface area contributed by atoms with Crippen molar-refractivity contribution in [2.75, 3.05) is 30.3 Å². The van der Waals surface area contributed by atoms with Crippen LogP contribution in [0.1, 0.15) is 26.2 Å². The molecule has 2 saturated heterocycles. The maximum atomic E-state index is 12.8. The molecule has 9 heteroatoms. The summed E-state index contributed by atoms with van der Waals surface area (Å²) in [5.41, 5.74) is 0.774. The molecular weight excluding hydrogens is 434 g/mol. The summed E-state index contributed by atoms with van der Waals surface area (Å²) in [6.07, 6.45) is 1.35. The second-order valence-electron chi connectivity index (χ2n) is 7.09. The van der Waals surface area contributed by atoms with Gasteiger partial charge in [-0.25, -0.2) is 13.1 Å². The average molecular weight is 458 g/mol.